The molecule has 0 aliphatic carbocycles. The van der Waals surface area contributed by atoms with E-state index in [0.29, 0.717) is 23.1 Å². The van der Waals surface area contributed by atoms with Crippen LogP contribution in [0.1, 0.15) is 18.3 Å². The van der Waals surface area contributed by atoms with Gasteiger partial charge in [0.1, 0.15) is 11.6 Å². The average Bonchev–Trinajstić information content (AvgIpc) is 3.11. The third kappa shape index (κ3) is 5.90. The van der Waals surface area contributed by atoms with Crippen molar-refractivity contribution in [2.24, 2.45) is 0 Å². The first-order chi connectivity index (χ1) is 14.5. The molecule has 0 fully saturated rings. The van der Waals surface area contributed by atoms with Crippen LogP contribution >= 0.6 is 23.5 Å². The Morgan fingerprint density at radius 2 is 1.90 bits per heavy atom. The minimum absolute atomic E-state index is 0.144. The van der Waals surface area contributed by atoms with Crippen molar-refractivity contribution in [1.29, 1.82) is 0 Å². The van der Waals surface area contributed by atoms with Gasteiger partial charge in [-0.2, -0.15) is 0 Å². The van der Waals surface area contributed by atoms with Gasteiger partial charge in [-0.3, -0.25) is 4.79 Å². The van der Waals surface area contributed by atoms with E-state index < -0.39 is 0 Å². The number of hydrogen-bond donors (Lipinski definition) is 2. The lowest BCUT2D eigenvalue weighted by atomic mass is 10.2. The molecular weight excluding hydrogens is 416 g/mol. The maximum absolute atomic E-state index is 12.5. The Labute approximate surface area is 184 Å². The van der Waals surface area contributed by atoms with Crippen molar-refractivity contribution in [3.05, 3.63) is 72.6 Å². The summed E-state index contributed by atoms with van der Waals surface area (Å²) >= 11 is 3.05. The van der Waals surface area contributed by atoms with Gasteiger partial charge in [0.15, 0.2) is 5.16 Å². The standard InChI is InChI=1S/C22H24N4O2S2/c1-4-13-26-20(14-29-19-11-5-15(2)6-12-19)24-25-22(26)30-16(3)21(28)23-17-7-9-18(27)10-8-17/h4-12,16,27H,1,13-14H2,2-3H3,(H,23,28). The lowest BCUT2D eigenvalue weighted by Gasteiger charge is -2.13. The second-order valence-corrected chi connectivity index (χ2v) is 9.05. The molecule has 0 saturated heterocycles. The first-order valence-corrected chi connectivity index (χ1v) is 11.3. The van der Waals surface area contributed by atoms with Crippen molar-refractivity contribution in [3.8, 4) is 5.75 Å². The van der Waals surface area contributed by atoms with Crippen LogP contribution in [-0.2, 0) is 17.1 Å². The Morgan fingerprint density at radius 1 is 1.20 bits per heavy atom. The Bertz CT molecular complexity index is 1000. The molecule has 8 heteroatoms. The van der Waals surface area contributed by atoms with E-state index in [1.807, 2.05) is 11.5 Å². The predicted molar refractivity (Wildman–Crippen MR) is 123 cm³/mol. The number of aromatic hydroxyl groups is 1. The molecule has 0 bridgehead atoms. The van der Waals surface area contributed by atoms with Crippen molar-refractivity contribution in [2.75, 3.05) is 5.32 Å². The number of anilines is 1. The van der Waals surface area contributed by atoms with Crippen LogP contribution in [0.3, 0.4) is 0 Å². The normalized spacial score (nSPS) is 11.8. The van der Waals surface area contributed by atoms with Crippen LogP contribution in [0.4, 0.5) is 5.69 Å². The molecule has 0 radical (unpaired) electrons. The van der Waals surface area contributed by atoms with Crippen LogP contribution in [-0.4, -0.2) is 31.0 Å². The number of aromatic nitrogens is 3. The zero-order valence-corrected chi connectivity index (χ0v) is 18.5. The molecule has 2 aromatic carbocycles. The van der Waals surface area contributed by atoms with Crippen molar-refractivity contribution < 1.29 is 9.90 Å². The molecule has 0 saturated carbocycles. The fourth-order valence-electron chi connectivity index (χ4n) is 2.61. The molecule has 1 unspecified atom stereocenters. The third-order valence-corrected chi connectivity index (χ3v) is 6.37. The number of nitrogens with one attached hydrogen (secondary N) is 1. The van der Waals surface area contributed by atoms with E-state index in [1.165, 1.54) is 34.4 Å². The van der Waals surface area contributed by atoms with Gasteiger partial charge in [-0.25, -0.2) is 0 Å². The molecule has 2 N–H and O–H groups in total. The molecule has 0 spiro atoms. The van der Waals surface area contributed by atoms with E-state index in [4.69, 9.17) is 0 Å². The van der Waals surface area contributed by atoms with Gasteiger partial charge < -0.3 is 15.0 Å². The third-order valence-electron chi connectivity index (χ3n) is 4.28. The maximum atomic E-state index is 12.5. The number of amides is 1. The summed E-state index contributed by atoms with van der Waals surface area (Å²) in [4.78, 5) is 13.7. The molecule has 0 aliphatic rings. The monoisotopic (exact) mass is 440 g/mol. The van der Waals surface area contributed by atoms with Crippen LogP contribution in [0.5, 0.6) is 5.75 Å². The average molecular weight is 441 g/mol. The number of nitrogens with zero attached hydrogens (tertiary/aromatic N) is 3. The van der Waals surface area contributed by atoms with E-state index in [-0.39, 0.29) is 16.9 Å². The highest BCUT2D eigenvalue weighted by atomic mass is 32.2. The molecule has 1 heterocycles. The minimum atomic E-state index is -0.371. The topological polar surface area (TPSA) is 80.0 Å². The van der Waals surface area contributed by atoms with Crippen molar-refractivity contribution >= 4 is 35.1 Å². The summed E-state index contributed by atoms with van der Waals surface area (Å²) in [5.41, 5.74) is 1.86. The minimum Gasteiger partial charge on any atom is -0.508 e. The molecule has 1 atom stereocenters. The van der Waals surface area contributed by atoms with Gasteiger partial charge in [0.2, 0.25) is 5.91 Å². The van der Waals surface area contributed by atoms with Crippen molar-refractivity contribution in [2.45, 2.75) is 41.4 Å². The van der Waals surface area contributed by atoms with Gasteiger partial charge in [0, 0.05) is 17.1 Å². The highest BCUT2D eigenvalue weighted by Gasteiger charge is 2.20. The van der Waals surface area contributed by atoms with E-state index in [9.17, 15) is 9.90 Å². The lowest BCUT2D eigenvalue weighted by molar-refractivity contribution is -0.115. The number of thioether (sulfide) groups is 2. The smallest absolute Gasteiger partial charge is 0.237 e. The Morgan fingerprint density at radius 3 is 2.57 bits per heavy atom. The summed E-state index contributed by atoms with van der Waals surface area (Å²) in [6.07, 6.45) is 1.80. The van der Waals surface area contributed by atoms with Gasteiger partial charge in [-0.15, -0.1) is 28.5 Å². The predicted octanol–water partition coefficient (Wildman–Crippen LogP) is 4.89. The number of benzene rings is 2. The van der Waals surface area contributed by atoms with E-state index in [0.717, 1.165) is 5.82 Å². The number of hydrogen-bond acceptors (Lipinski definition) is 6. The van der Waals surface area contributed by atoms with E-state index in [1.54, 1.807) is 30.0 Å². The molecule has 1 aromatic heterocycles. The van der Waals surface area contributed by atoms with E-state index >= 15 is 0 Å². The number of aryl methyl sites for hydroxylation is 1. The summed E-state index contributed by atoms with van der Waals surface area (Å²) < 4.78 is 1.99. The zero-order valence-electron chi connectivity index (χ0n) is 16.9. The fourth-order valence-corrected chi connectivity index (χ4v) is 4.32. The number of carbonyl (C=O) groups excluding carboxylic acids is 1. The Kier molecular flexibility index (Phi) is 7.59. The Hall–Kier alpha value is -2.71. The van der Waals surface area contributed by atoms with Crippen molar-refractivity contribution in [1.82, 2.24) is 14.8 Å². The van der Waals surface area contributed by atoms with E-state index in [2.05, 4.69) is 53.3 Å². The van der Waals surface area contributed by atoms with Crippen LogP contribution in [0.15, 0.2) is 71.2 Å². The molecule has 6 nitrogen and oxygen atoms in total. The number of allylic oxidation sites excluding steroid dienone is 1. The van der Waals surface area contributed by atoms with Gasteiger partial charge in [0.25, 0.3) is 0 Å². The number of phenols is 1. The second-order valence-electron chi connectivity index (χ2n) is 6.70. The van der Waals surface area contributed by atoms with Crippen LogP contribution in [0.25, 0.3) is 0 Å². The summed E-state index contributed by atoms with van der Waals surface area (Å²) in [7, 11) is 0. The fraction of sp³-hybridized carbons (Fsp3) is 0.227. The van der Waals surface area contributed by atoms with Gasteiger partial charge in [-0.1, -0.05) is 35.5 Å². The zero-order chi connectivity index (χ0) is 21.5. The number of carbonyl (C=O) groups is 1. The summed E-state index contributed by atoms with van der Waals surface area (Å²) in [6, 6.07) is 14.8. The molecule has 30 heavy (non-hydrogen) atoms. The van der Waals surface area contributed by atoms with Crippen LogP contribution < -0.4 is 5.32 Å². The van der Waals surface area contributed by atoms with Gasteiger partial charge >= 0.3 is 0 Å². The van der Waals surface area contributed by atoms with Gasteiger partial charge in [0.05, 0.1) is 11.0 Å². The molecule has 156 valence electrons. The van der Waals surface area contributed by atoms with Gasteiger partial charge in [-0.05, 0) is 50.2 Å². The quantitative estimate of drug-likeness (QED) is 0.280. The number of rotatable bonds is 9. The largest absolute Gasteiger partial charge is 0.508 e. The molecule has 0 aliphatic heterocycles. The SMILES string of the molecule is C=CCn1c(CSc2ccc(C)cc2)nnc1SC(C)C(=O)Nc1ccc(O)cc1. The van der Waals surface area contributed by atoms with Crippen LogP contribution in [0.2, 0.25) is 0 Å². The first-order valence-electron chi connectivity index (χ1n) is 9.45. The summed E-state index contributed by atoms with van der Waals surface area (Å²) in [6.45, 7) is 8.30. The lowest BCUT2D eigenvalue weighted by Crippen LogP contribution is -2.23. The molecular formula is C22H24N4O2S2. The second kappa shape index (κ2) is 10.4. The molecule has 1 amide bonds. The highest BCUT2D eigenvalue weighted by Crippen LogP contribution is 2.27. The maximum Gasteiger partial charge on any atom is 0.237 e. The number of phenolic OH excluding ortho intramolecular Hbond substituents is 1. The molecule has 3 rings (SSSR count). The first kappa shape index (κ1) is 22.0. The van der Waals surface area contributed by atoms with Crippen LogP contribution in [0, 0.1) is 6.92 Å². The summed E-state index contributed by atoms with van der Waals surface area (Å²) in [5.74, 6) is 1.53. The van der Waals surface area contributed by atoms with Crippen molar-refractivity contribution in [3.63, 3.8) is 0 Å². The Balaban J connectivity index is 1.65. The molecule has 3 aromatic rings. The summed E-state index contributed by atoms with van der Waals surface area (Å²) in [5, 5.41) is 21.2. The highest BCUT2D eigenvalue weighted by molar-refractivity contribution is 8.00.